The van der Waals surface area contributed by atoms with Crippen LogP contribution in [0.2, 0.25) is 0 Å². The topological polar surface area (TPSA) is 111 Å². The van der Waals surface area contributed by atoms with Gasteiger partial charge in [0.25, 0.3) is 5.91 Å². The molecule has 0 aliphatic carbocycles. The number of ether oxygens (including phenoxy) is 2. The van der Waals surface area contributed by atoms with E-state index in [1.807, 2.05) is 56.7 Å². The van der Waals surface area contributed by atoms with Crippen molar-refractivity contribution in [2.75, 3.05) is 26.8 Å². The maximum Gasteiger partial charge on any atom is 0.407 e. The summed E-state index contributed by atoms with van der Waals surface area (Å²) in [4.78, 5) is 32.6. The summed E-state index contributed by atoms with van der Waals surface area (Å²) in [6.45, 7) is 7.01. The van der Waals surface area contributed by atoms with Crippen LogP contribution in [0, 0.1) is 0 Å². The van der Waals surface area contributed by atoms with Crippen molar-refractivity contribution in [1.82, 2.24) is 24.3 Å². The molecule has 3 heterocycles. The van der Waals surface area contributed by atoms with Crippen LogP contribution in [-0.2, 0) is 18.3 Å². The number of aliphatic hydroxyl groups excluding tert-OH is 1. The van der Waals surface area contributed by atoms with E-state index in [0.29, 0.717) is 48.7 Å². The molecule has 0 spiro atoms. The lowest BCUT2D eigenvalue weighted by atomic mass is 10.1. The lowest BCUT2D eigenvalue weighted by Crippen LogP contribution is -2.47. The Morgan fingerprint density at radius 3 is 2.67 bits per heavy atom. The zero-order chi connectivity index (χ0) is 28.6. The first-order valence-corrected chi connectivity index (χ1v) is 13.6. The molecular weight excluding hydrogens is 510 g/mol. The Morgan fingerprint density at radius 2 is 1.95 bits per heavy atom. The molecular formula is C30H37N5O5. The van der Waals surface area contributed by atoms with Gasteiger partial charge in [-0.2, -0.15) is 0 Å². The Labute approximate surface area is 233 Å². The molecule has 2 aromatic heterocycles. The van der Waals surface area contributed by atoms with E-state index in [2.05, 4.69) is 16.0 Å². The van der Waals surface area contributed by atoms with E-state index >= 15 is 0 Å². The number of likely N-dealkylation sites (tertiary alicyclic amines) is 1. The number of aliphatic hydroxyl groups is 1. The van der Waals surface area contributed by atoms with Gasteiger partial charge in [0, 0.05) is 42.1 Å². The molecule has 1 saturated heterocycles. The third-order valence-electron chi connectivity index (χ3n) is 7.18. The number of imidazole rings is 1. The van der Waals surface area contributed by atoms with Gasteiger partial charge >= 0.3 is 6.09 Å². The average Bonchev–Trinajstić information content (AvgIpc) is 3.44. The first-order chi connectivity index (χ1) is 19.1. The van der Waals surface area contributed by atoms with Crippen LogP contribution in [0.25, 0.3) is 33.5 Å². The number of nitrogens with one attached hydrogen (secondary N) is 1. The molecule has 1 aliphatic rings. The maximum absolute atomic E-state index is 13.6. The number of hydrogen-bond acceptors (Lipinski definition) is 6. The van der Waals surface area contributed by atoms with Crippen LogP contribution in [0.5, 0.6) is 5.75 Å². The number of alkyl carbamates (subject to hydrolysis) is 1. The van der Waals surface area contributed by atoms with Crippen molar-refractivity contribution in [3.63, 3.8) is 0 Å². The third kappa shape index (κ3) is 5.36. The second-order valence-corrected chi connectivity index (χ2v) is 11.3. The summed E-state index contributed by atoms with van der Waals surface area (Å²) in [5.41, 5.74) is 3.35. The number of hydrogen-bond donors (Lipinski definition) is 2. The summed E-state index contributed by atoms with van der Waals surface area (Å²) in [5, 5.41) is 13.6. The number of amides is 2. The van der Waals surface area contributed by atoms with Crippen LogP contribution >= 0.6 is 0 Å². The van der Waals surface area contributed by atoms with Crippen LogP contribution in [0.15, 0.2) is 42.5 Å². The molecule has 0 bridgehead atoms. The monoisotopic (exact) mass is 547 g/mol. The van der Waals surface area contributed by atoms with Crippen LogP contribution in [-0.4, -0.2) is 74.6 Å². The summed E-state index contributed by atoms with van der Waals surface area (Å²) in [6.07, 6.45) is 0.590. The Morgan fingerprint density at radius 1 is 1.18 bits per heavy atom. The number of nitrogens with zero attached hydrogens (tertiary/aromatic N) is 4. The standard InChI is InChI=1S/C30H37N5O5/c1-30(2,3)32-29(38)40-21-10-8-12-34(18-21)28(37)20-15-22-26(25(17-20)39-5)33(4)27(31-22)24-16-19-9-6-7-11-23(19)35(24)13-14-36/h6-7,9,11,15-17,21,36H,8,10,12-14,18H2,1-5H3,(H,32,38)/t21-/m1/s1. The van der Waals surface area contributed by atoms with Gasteiger partial charge in [0.05, 0.1) is 31.5 Å². The second-order valence-electron chi connectivity index (χ2n) is 11.3. The number of rotatable bonds is 6. The lowest BCUT2D eigenvalue weighted by Gasteiger charge is -2.33. The van der Waals surface area contributed by atoms with Crippen LogP contribution in [0.3, 0.4) is 0 Å². The molecule has 2 N–H and O–H groups in total. The molecule has 40 heavy (non-hydrogen) atoms. The molecule has 10 heteroatoms. The minimum Gasteiger partial charge on any atom is -0.494 e. The molecule has 5 rings (SSSR count). The number of aromatic nitrogens is 3. The molecule has 212 valence electrons. The largest absolute Gasteiger partial charge is 0.494 e. The smallest absolute Gasteiger partial charge is 0.407 e. The van der Waals surface area contributed by atoms with Gasteiger partial charge in [-0.15, -0.1) is 0 Å². The fourth-order valence-corrected chi connectivity index (χ4v) is 5.44. The fourth-order valence-electron chi connectivity index (χ4n) is 5.44. The highest BCUT2D eigenvalue weighted by Crippen LogP contribution is 2.34. The summed E-state index contributed by atoms with van der Waals surface area (Å²) in [6, 6.07) is 13.6. The van der Waals surface area contributed by atoms with E-state index in [1.165, 1.54) is 0 Å². The highest BCUT2D eigenvalue weighted by molar-refractivity contribution is 6.00. The Bertz CT molecular complexity index is 1560. The van der Waals surface area contributed by atoms with Crippen molar-refractivity contribution in [2.45, 2.75) is 51.8 Å². The molecule has 4 aromatic rings. The number of benzene rings is 2. The van der Waals surface area contributed by atoms with Crippen molar-refractivity contribution < 1.29 is 24.2 Å². The zero-order valence-corrected chi connectivity index (χ0v) is 23.7. The molecule has 1 fully saturated rings. The number of para-hydroxylation sites is 1. The van der Waals surface area contributed by atoms with Crippen molar-refractivity contribution in [2.24, 2.45) is 7.05 Å². The van der Waals surface area contributed by atoms with E-state index in [9.17, 15) is 14.7 Å². The first kappa shape index (κ1) is 27.5. The SMILES string of the molecule is COc1cc(C(=O)N2CCC[C@@H](OC(=O)NC(C)(C)C)C2)cc2nc(-c3cc4ccccc4n3CCO)n(C)c12. The molecule has 10 nitrogen and oxygen atoms in total. The van der Waals surface area contributed by atoms with E-state index in [4.69, 9.17) is 14.5 Å². The quantitative estimate of drug-likeness (QED) is 0.372. The normalized spacial score (nSPS) is 15.9. The second kappa shape index (κ2) is 10.8. The summed E-state index contributed by atoms with van der Waals surface area (Å²) >= 11 is 0. The highest BCUT2D eigenvalue weighted by Gasteiger charge is 2.29. The van der Waals surface area contributed by atoms with Crippen LogP contribution in [0.4, 0.5) is 4.79 Å². The van der Waals surface area contributed by atoms with Gasteiger partial charge in [-0.05, 0) is 57.9 Å². The minimum absolute atomic E-state index is 0.00397. The molecule has 0 unspecified atom stereocenters. The Hall–Kier alpha value is -4.05. The minimum atomic E-state index is -0.477. The van der Waals surface area contributed by atoms with E-state index in [1.54, 1.807) is 24.1 Å². The lowest BCUT2D eigenvalue weighted by molar-refractivity contribution is 0.0322. The first-order valence-electron chi connectivity index (χ1n) is 13.6. The highest BCUT2D eigenvalue weighted by atomic mass is 16.6. The predicted octanol–water partition coefficient (Wildman–Crippen LogP) is 4.33. The average molecular weight is 548 g/mol. The van der Waals surface area contributed by atoms with E-state index in [-0.39, 0.29) is 18.6 Å². The Kier molecular flexibility index (Phi) is 7.46. The summed E-state index contributed by atoms with van der Waals surface area (Å²) in [7, 11) is 3.50. The van der Waals surface area contributed by atoms with Crippen molar-refractivity contribution in [3.05, 3.63) is 48.0 Å². The molecule has 2 amide bonds. The van der Waals surface area contributed by atoms with Gasteiger partial charge < -0.3 is 33.9 Å². The molecule has 2 aromatic carbocycles. The maximum atomic E-state index is 13.6. The van der Waals surface area contributed by atoms with Gasteiger partial charge in [-0.1, -0.05) is 18.2 Å². The van der Waals surface area contributed by atoms with Gasteiger partial charge in [0.2, 0.25) is 0 Å². The van der Waals surface area contributed by atoms with E-state index < -0.39 is 11.6 Å². The van der Waals surface area contributed by atoms with Crippen molar-refractivity contribution in [3.8, 4) is 17.3 Å². The third-order valence-corrected chi connectivity index (χ3v) is 7.18. The number of aryl methyl sites for hydroxylation is 1. The number of carbonyl (C=O) groups is 2. The summed E-state index contributed by atoms with van der Waals surface area (Å²) in [5.74, 6) is 1.09. The zero-order valence-electron chi connectivity index (χ0n) is 23.7. The summed E-state index contributed by atoms with van der Waals surface area (Å²) < 4.78 is 15.4. The van der Waals surface area contributed by atoms with Crippen LogP contribution < -0.4 is 10.1 Å². The predicted molar refractivity (Wildman–Crippen MR) is 154 cm³/mol. The van der Waals surface area contributed by atoms with Gasteiger partial charge in [-0.25, -0.2) is 9.78 Å². The van der Waals surface area contributed by atoms with Crippen LogP contribution in [0.1, 0.15) is 44.0 Å². The molecule has 1 aliphatic heterocycles. The van der Waals surface area contributed by atoms with Crippen molar-refractivity contribution in [1.29, 1.82) is 0 Å². The fraction of sp³-hybridized carbons (Fsp3) is 0.433. The van der Waals surface area contributed by atoms with Gasteiger partial charge in [-0.3, -0.25) is 4.79 Å². The Balaban J connectivity index is 1.46. The number of methoxy groups -OCH3 is 1. The van der Waals surface area contributed by atoms with E-state index in [0.717, 1.165) is 28.5 Å². The van der Waals surface area contributed by atoms with Crippen molar-refractivity contribution >= 4 is 33.9 Å². The molecule has 0 saturated carbocycles. The molecule has 0 radical (unpaired) electrons. The van der Waals surface area contributed by atoms with Gasteiger partial charge in [0.15, 0.2) is 5.82 Å². The number of carbonyl (C=O) groups excluding carboxylic acids is 2. The number of piperidine rings is 1. The van der Waals surface area contributed by atoms with Gasteiger partial charge in [0.1, 0.15) is 17.4 Å². The number of fused-ring (bicyclic) bond motifs is 2. The molecule has 1 atom stereocenters.